The molecular weight excluding hydrogens is 390 g/mol. The van der Waals surface area contributed by atoms with Crippen LogP contribution >= 0.6 is 0 Å². The zero-order valence-corrected chi connectivity index (χ0v) is 18.1. The van der Waals surface area contributed by atoms with Crippen LogP contribution in [0.25, 0.3) is 11.1 Å². The number of rotatable bonds is 10. The van der Waals surface area contributed by atoms with Crippen molar-refractivity contribution in [1.29, 1.82) is 0 Å². The second-order valence-electron chi connectivity index (χ2n) is 7.60. The van der Waals surface area contributed by atoms with Gasteiger partial charge < -0.3 is 14.7 Å². The lowest BCUT2D eigenvalue weighted by molar-refractivity contribution is -0.117. The summed E-state index contributed by atoms with van der Waals surface area (Å²) in [5, 5.41) is 6.47. The molecule has 0 spiro atoms. The molecule has 0 aliphatic heterocycles. The van der Waals surface area contributed by atoms with Gasteiger partial charge in [-0.2, -0.15) is 0 Å². The van der Waals surface area contributed by atoms with Crippen molar-refractivity contribution in [1.82, 2.24) is 10.1 Å². The van der Waals surface area contributed by atoms with E-state index in [1.54, 1.807) is 17.9 Å². The number of nitrogens with one attached hydrogen (secondary N) is 1. The number of amides is 2. The Hall–Kier alpha value is -3.41. The Balaban J connectivity index is 1.69. The van der Waals surface area contributed by atoms with Crippen LogP contribution in [0.1, 0.15) is 48.7 Å². The molecule has 2 aromatic carbocycles. The fraction of sp³-hybridized carbons (Fsp3) is 0.320. The molecule has 3 aromatic rings. The van der Waals surface area contributed by atoms with Gasteiger partial charge in [0.05, 0.1) is 0 Å². The van der Waals surface area contributed by atoms with Gasteiger partial charge in [-0.15, -0.1) is 0 Å². The van der Waals surface area contributed by atoms with Crippen molar-refractivity contribution >= 4 is 17.6 Å². The van der Waals surface area contributed by atoms with Gasteiger partial charge in [-0.1, -0.05) is 73.8 Å². The number of hydrogen-bond acceptors (Lipinski definition) is 4. The van der Waals surface area contributed by atoms with Crippen LogP contribution in [-0.4, -0.2) is 35.0 Å². The average molecular weight is 420 g/mol. The Labute approximate surface area is 183 Å². The van der Waals surface area contributed by atoms with E-state index in [1.165, 1.54) is 0 Å². The highest BCUT2D eigenvalue weighted by Crippen LogP contribution is 2.20. The van der Waals surface area contributed by atoms with E-state index in [-0.39, 0.29) is 18.4 Å². The topological polar surface area (TPSA) is 75.4 Å². The third-order valence-electron chi connectivity index (χ3n) is 5.04. The molecule has 0 saturated heterocycles. The summed E-state index contributed by atoms with van der Waals surface area (Å²) >= 11 is 0. The molecule has 2 amide bonds. The Morgan fingerprint density at radius 2 is 1.68 bits per heavy atom. The van der Waals surface area contributed by atoms with Crippen LogP contribution < -0.4 is 5.32 Å². The number of benzene rings is 2. The van der Waals surface area contributed by atoms with E-state index in [9.17, 15) is 9.59 Å². The van der Waals surface area contributed by atoms with Crippen LogP contribution in [0, 0.1) is 6.92 Å². The lowest BCUT2D eigenvalue weighted by Crippen LogP contribution is -2.38. The number of carbonyl (C=O) groups excluding carboxylic acids is 2. The molecule has 1 N–H and O–H groups in total. The minimum atomic E-state index is -0.293. The monoisotopic (exact) mass is 419 g/mol. The number of unbranched alkanes of at least 4 members (excludes halogenated alkanes) is 3. The summed E-state index contributed by atoms with van der Waals surface area (Å²) in [6.45, 7) is 4.40. The maximum absolute atomic E-state index is 13.2. The van der Waals surface area contributed by atoms with Crippen molar-refractivity contribution in [3.05, 3.63) is 72.0 Å². The second kappa shape index (κ2) is 11.1. The number of nitrogens with zero attached hydrogens (tertiary/aromatic N) is 2. The molecule has 31 heavy (non-hydrogen) atoms. The van der Waals surface area contributed by atoms with E-state index < -0.39 is 0 Å². The number of hydrogen-bond donors (Lipinski definition) is 1. The molecule has 0 fully saturated rings. The number of aryl methyl sites for hydroxylation is 1. The van der Waals surface area contributed by atoms with Gasteiger partial charge in [-0.25, -0.2) is 0 Å². The van der Waals surface area contributed by atoms with Crippen LogP contribution in [0.4, 0.5) is 5.82 Å². The number of anilines is 1. The first-order chi connectivity index (χ1) is 15.1. The smallest absolute Gasteiger partial charge is 0.254 e. The van der Waals surface area contributed by atoms with Crippen molar-refractivity contribution in [2.45, 2.75) is 39.5 Å². The first-order valence-corrected chi connectivity index (χ1v) is 10.7. The summed E-state index contributed by atoms with van der Waals surface area (Å²) in [4.78, 5) is 27.3. The standard InChI is InChI=1S/C25H29N3O3/c1-3-4-5-9-16-28(18-24(29)26-23-17-19(2)31-27-23)25(30)22-14-12-21(13-15-22)20-10-7-6-8-11-20/h6-8,10-15,17H,3-5,9,16,18H2,1-2H3,(H,26,27,29). The molecule has 0 unspecified atom stereocenters. The Morgan fingerprint density at radius 3 is 2.32 bits per heavy atom. The molecule has 0 radical (unpaired) electrons. The van der Waals surface area contributed by atoms with Crippen molar-refractivity contribution in [2.75, 3.05) is 18.4 Å². The first kappa shape index (κ1) is 22.3. The van der Waals surface area contributed by atoms with E-state index in [2.05, 4.69) is 17.4 Å². The van der Waals surface area contributed by atoms with Crippen LogP contribution in [0.5, 0.6) is 0 Å². The average Bonchev–Trinajstić information content (AvgIpc) is 3.20. The van der Waals surface area contributed by atoms with Gasteiger partial charge in [0.2, 0.25) is 5.91 Å². The molecule has 0 bridgehead atoms. The summed E-state index contributed by atoms with van der Waals surface area (Å²) in [5.74, 6) is 0.523. The van der Waals surface area contributed by atoms with Crippen molar-refractivity contribution in [3.8, 4) is 11.1 Å². The summed E-state index contributed by atoms with van der Waals surface area (Å²) in [6.07, 6.45) is 4.11. The molecule has 0 aliphatic rings. The van der Waals surface area contributed by atoms with Gasteiger partial charge in [0.15, 0.2) is 5.82 Å². The third-order valence-corrected chi connectivity index (χ3v) is 5.04. The van der Waals surface area contributed by atoms with Crippen LogP contribution in [0.3, 0.4) is 0 Å². The number of carbonyl (C=O) groups is 2. The third kappa shape index (κ3) is 6.54. The molecule has 0 atom stereocenters. The zero-order valence-electron chi connectivity index (χ0n) is 18.1. The van der Waals surface area contributed by atoms with E-state index in [0.29, 0.717) is 23.7 Å². The maximum Gasteiger partial charge on any atom is 0.254 e. The highest BCUT2D eigenvalue weighted by Gasteiger charge is 2.19. The SMILES string of the molecule is CCCCCCN(CC(=O)Nc1cc(C)on1)C(=O)c1ccc(-c2ccccc2)cc1. The molecule has 1 aromatic heterocycles. The highest BCUT2D eigenvalue weighted by atomic mass is 16.5. The summed E-state index contributed by atoms with van der Waals surface area (Å²) in [6, 6.07) is 19.2. The molecule has 1 heterocycles. The predicted molar refractivity (Wildman–Crippen MR) is 122 cm³/mol. The van der Waals surface area contributed by atoms with Gasteiger partial charge in [-0.05, 0) is 36.6 Å². The van der Waals surface area contributed by atoms with Gasteiger partial charge in [-0.3, -0.25) is 9.59 Å². The highest BCUT2D eigenvalue weighted by molar-refractivity contribution is 5.99. The normalized spacial score (nSPS) is 10.6. The van der Waals surface area contributed by atoms with Crippen molar-refractivity contribution < 1.29 is 14.1 Å². The Kier molecular flexibility index (Phi) is 7.98. The maximum atomic E-state index is 13.2. The van der Waals surface area contributed by atoms with Gasteiger partial charge in [0.25, 0.3) is 5.91 Å². The van der Waals surface area contributed by atoms with Gasteiger partial charge in [0, 0.05) is 18.2 Å². The minimum absolute atomic E-state index is 0.0305. The lowest BCUT2D eigenvalue weighted by atomic mass is 10.0. The summed E-state index contributed by atoms with van der Waals surface area (Å²) in [5.41, 5.74) is 2.71. The molecule has 6 nitrogen and oxygen atoms in total. The molecule has 6 heteroatoms. The summed E-state index contributed by atoms with van der Waals surface area (Å²) < 4.78 is 4.98. The van der Waals surface area contributed by atoms with Gasteiger partial charge in [0.1, 0.15) is 12.3 Å². The minimum Gasteiger partial charge on any atom is -0.360 e. The van der Waals surface area contributed by atoms with Crippen molar-refractivity contribution in [3.63, 3.8) is 0 Å². The fourth-order valence-electron chi connectivity index (χ4n) is 3.38. The molecular formula is C25H29N3O3. The van der Waals surface area contributed by atoms with E-state index in [1.807, 2.05) is 54.6 Å². The summed E-state index contributed by atoms with van der Waals surface area (Å²) in [7, 11) is 0. The van der Waals surface area contributed by atoms with Crippen LogP contribution in [0.15, 0.2) is 65.2 Å². The first-order valence-electron chi connectivity index (χ1n) is 10.7. The van der Waals surface area contributed by atoms with Gasteiger partial charge >= 0.3 is 0 Å². The zero-order chi connectivity index (χ0) is 22.1. The van der Waals surface area contributed by atoms with E-state index in [0.717, 1.165) is 36.8 Å². The Bertz CT molecular complexity index is 981. The van der Waals surface area contributed by atoms with E-state index >= 15 is 0 Å². The van der Waals surface area contributed by atoms with Crippen LogP contribution in [0.2, 0.25) is 0 Å². The molecule has 0 saturated carbocycles. The molecule has 3 rings (SSSR count). The largest absolute Gasteiger partial charge is 0.360 e. The second-order valence-corrected chi connectivity index (χ2v) is 7.60. The van der Waals surface area contributed by atoms with Crippen molar-refractivity contribution in [2.24, 2.45) is 0 Å². The Morgan fingerprint density at radius 1 is 0.968 bits per heavy atom. The fourth-order valence-corrected chi connectivity index (χ4v) is 3.38. The predicted octanol–water partition coefficient (Wildman–Crippen LogP) is 5.31. The molecule has 0 aliphatic carbocycles. The number of aromatic nitrogens is 1. The lowest BCUT2D eigenvalue weighted by Gasteiger charge is -2.22. The molecule has 162 valence electrons. The van der Waals surface area contributed by atoms with Crippen LogP contribution in [-0.2, 0) is 4.79 Å². The quantitative estimate of drug-likeness (QED) is 0.452. The van der Waals surface area contributed by atoms with E-state index in [4.69, 9.17) is 4.52 Å².